The van der Waals surface area contributed by atoms with Crippen LogP contribution in [0, 0.1) is 0 Å². The lowest BCUT2D eigenvalue weighted by Gasteiger charge is -2.13. The van der Waals surface area contributed by atoms with E-state index in [1.165, 1.54) is 17.7 Å². The summed E-state index contributed by atoms with van der Waals surface area (Å²) >= 11 is 0. The molecule has 1 unspecified atom stereocenters. The third-order valence-electron chi connectivity index (χ3n) is 3.41. The van der Waals surface area contributed by atoms with Gasteiger partial charge in [-0.3, -0.25) is 0 Å². The maximum absolute atomic E-state index is 12.6. The van der Waals surface area contributed by atoms with Crippen LogP contribution in [0.2, 0.25) is 0 Å². The molecule has 0 radical (unpaired) electrons. The molecule has 2 aromatic carbocycles. The summed E-state index contributed by atoms with van der Waals surface area (Å²) in [6.07, 6.45) is -1.87. The lowest BCUT2D eigenvalue weighted by atomic mass is 9.99. The fraction of sp³-hybridized carbons (Fsp3) is 0.294. The molecule has 0 amide bonds. The third kappa shape index (κ3) is 3.64. The molecule has 20 heavy (non-hydrogen) atoms. The van der Waals surface area contributed by atoms with Crippen molar-refractivity contribution in [3.63, 3.8) is 0 Å². The van der Waals surface area contributed by atoms with Crippen molar-refractivity contribution in [2.75, 3.05) is 0 Å². The molecule has 0 aliphatic heterocycles. The van der Waals surface area contributed by atoms with Gasteiger partial charge in [0.25, 0.3) is 6.43 Å². The fourth-order valence-electron chi connectivity index (χ4n) is 2.15. The first-order chi connectivity index (χ1) is 9.60. The van der Waals surface area contributed by atoms with Crippen molar-refractivity contribution >= 4 is 0 Å². The zero-order valence-electron chi connectivity index (χ0n) is 11.4. The molecule has 1 N–H and O–H groups in total. The van der Waals surface area contributed by atoms with Crippen LogP contribution in [0.25, 0.3) is 0 Å². The Bertz CT molecular complexity index is 549. The van der Waals surface area contributed by atoms with Crippen molar-refractivity contribution in [3.8, 4) is 0 Å². The first-order valence-electron chi connectivity index (χ1n) is 6.74. The van der Waals surface area contributed by atoms with E-state index in [4.69, 9.17) is 0 Å². The van der Waals surface area contributed by atoms with Gasteiger partial charge in [0.05, 0.1) is 6.10 Å². The Morgan fingerprint density at radius 1 is 0.950 bits per heavy atom. The molecule has 0 aliphatic rings. The number of rotatable bonds is 5. The Kier molecular flexibility index (Phi) is 4.85. The summed E-state index contributed by atoms with van der Waals surface area (Å²) in [5.41, 5.74) is 2.71. The van der Waals surface area contributed by atoms with Crippen LogP contribution < -0.4 is 0 Å². The van der Waals surface area contributed by atoms with Crippen LogP contribution in [0.4, 0.5) is 8.78 Å². The fourth-order valence-corrected chi connectivity index (χ4v) is 2.15. The van der Waals surface area contributed by atoms with E-state index in [0.29, 0.717) is 12.0 Å². The Balaban J connectivity index is 2.10. The van der Waals surface area contributed by atoms with E-state index in [9.17, 15) is 13.9 Å². The largest absolute Gasteiger partial charge is 0.388 e. The number of benzene rings is 2. The average molecular weight is 276 g/mol. The molecule has 3 heteroatoms. The highest BCUT2D eigenvalue weighted by Crippen LogP contribution is 2.24. The Hall–Kier alpha value is -1.74. The molecule has 1 atom stereocenters. The second-order valence-corrected chi connectivity index (χ2v) is 4.86. The maximum atomic E-state index is 12.6. The van der Waals surface area contributed by atoms with Gasteiger partial charge in [-0.05, 0) is 29.2 Å². The molecule has 0 fully saturated rings. The summed E-state index contributed by atoms with van der Waals surface area (Å²) in [6.45, 7) is 2.08. The van der Waals surface area contributed by atoms with Crippen molar-refractivity contribution in [1.82, 2.24) is 0 Å². The van der Waals surface area contributed by atoms with E-state index >= 15 is 0 Å². The van der Waals surface area contributed by atoms with Crippen molar-refractivity contribution < 1.29 is 13.9 Å². The molecule has 2 rings (SSSR count). The van der Waals surface area contributed by atoms with E-state index in [-0.39, 0.29) is 5.56 Å². The average Bonchev–Trinajstić information content (AvgIpc) is 2.48. The second-order valence-electron chi connectivity index (χ2n) is 4.86. The van der Waals surface area contributed by atoms with Crippen LogP contribution >= 0.6 is 0 Å². The maximum Gasteiger partial charge on any atom is 0.263 e. The van der Waals surface area contributed by atoms with Crippen molar-refractivity contribution in [1.29, 1.82) is 0 Å². The summed E-state index contributed by atoms with van der Waals surface area (Å²) in [5, 5.41) is 10.2. The van der Waals surface area contributed by atoms with Crippen molar-refractivity contribution in [3.05, 3.63) is 70.8 Å². The minimum atomic E-state index is -2.51. The first kappa shape index (κ1) is 14.7. The molecule has 0 heterocycles. The van der Waals surface area contributed by atoms with Gasteiger partial charge in [-0.25, -0.2) is 8.78 Å². The molecule has 0 aromatic heterocycles. The number of aliphatic hydroxyl groups is 1. The van der Waals surface area contributed by atoms with Gasteiger partial charge < -0.3 is 5.11 Å². The van der Waals surface area contributed by atoms with Gasteiger partial charge in [0.2, 0.25) is 0 Å². The van der Waals surface area contributed by atoms with Gasteiger partial charge >= 0.3 is 0 Å². The van der Waals surface area contributed by atoms with Crippen LogP contribution in [0.5, 0.6) is 0 Å². The van der Waals surface area contributed by atoms with E-state index in [1.54, 1.807) is 12.1 Å². The monoisotopic (exact) mass is 276 g/mol. The number of aliphatic hydroxyl groups excluding tert-OH is 1. The summed E-state index contributed by atoms with van der Waals surface area (Å²) in [4.78, 5) is 0. The second kappa shape index (κ2) is 6.62. The first-order valence-corrected chi connectivity index (χ1v) is 6.74. The highest BCUT2D eigenvalue weighted by Gasteiger charge is 2.12. The van der Waals surface area contributed by atoms with E-state index < -0.39 is 12.5 Å². The van der Waals surface area contributed by atoms with Crippen LogP contribution in [-0.4, -0.2) is 5.11 Å². The SMILES string of the molecule is CCc1ccc(CC(O)c2cccc(C(F)F)c2)cc1. The standard InChI is InChI=1S/C17H18F2O/c1-2-12-6-8-13(9-7-12)10-16(20)14-4-3-5-15(11-14)17(18)19/h3-9,11,16-17,20H,2,10H2,1H3. The van der Waals surface area contributed by atoms with E-state index in [0.717, 1.165) is 12.0 Å². The Morgan fingerprint density at radius 2 is 1.55 bits per heavy atom. The predicted molar refractivity (Wildman–Crippen MR) is 75.9 cm³/mol. The zero-order valence-corrected chi connectivity index (χ0v) is 11.4. The zero-order chi connectivity index (χ0) is 14.5. The van der Waals surface area contributed by atoms with Crippen LogP contribution in [0.15, 0.2) is 48.5 Å². The highest BCUT2D eigenvalue weighted by molar-refractivity contribution is 5.29. The lowest BCUT2D eigenvalue weighted by molar-refractivity contribution is 0.149. The highest BCUT2D eigenvalue weighted by atomic mass is 19.3. The lowest BCUT2D eigenvalue weighted by Crippen LogP contribution is -2.02. The van der Waals surface area contributed by atoms with Gasteiger partial charge in [0, 0.05) is 12.0 Å². The topological polar surface area (TPSA) is 20.2 Å². The quantitative estimate of drug-likeness (QED) is 0.854. The summed E-state index contributed by atoms with van der Waals surface area (Å²) in [5.74, 6) is 0. The molecule has 2 aromatic rings. The smallest absolute Gasteiger partial charge is 0.263 e. The molecule has 0 bridgehead atoms. The molecule has 106 valence electrons. The predicted octanol–water partition coefficient (Wildman–Crippen LogP) is 4.46. The van der Waals surface area contributed by atoms with Crippen LogP contribution in [0.3, 0.4) is 0 Å². The van der Waals surface area contributed by atoms with Gasteiger partial charge in [-0.15, -0.1) is 0 Å². The number of aryl methyl sites for hydroxylation is 1. The van der Waals surface area contributed by atoms with Gasteiger partial charge in [-0.1, -0.05) is 49.4 Å². The van der Waals surface area contributed by atoms with E-state index in [1.807, 2.05) is 24.3 Å². The minimum absolute atomic E-state index is 0.0529. The molecular formula is C17H18F2O. The molecule has 0 saturated carbocycles. The summed E-state index contributed by atoms with van der Waals surface area (Å²) < 4.78 is 25.3. The van der Waals surface area contributed by atoms with Gasteiger partial charge in [-0.2, -0.15) is 0 Å². The minimum Gasteiger partial charge on any atom is -0.388 e. The molecule has 1 nitrogen and oxygen atoms in total. The number of halogens is 2. The Morgan fingerprint density at radius 3 is 2.15 bits per heavy atom. The number of alkyl halides is 2. The van der Waals surface area contributed by atoms with Crippen molar-refractivity contribution in [2.24, 2.45) is 0 Å². The van der Waals surface area contributed by atoms with Crippen molar-refractivity contribution in [2.45, 2.75) is 32.3 Å². The van der Waals surface area contributed by atoms with Gasteiger partial charge in [0.15, 0.2) is 0 Å². The summed E-state index contributed by atoms with van der Waals surface area (Å²) in [6, 6.07) is 14.0. The summed E-state index contributed by atoms with van der Waals surface area (Å²) in [7, 11) is 0. The molecule has 0 spiro atoms. The number of hydrogen-bond acceptors (Lipinski definition) is 1. The Labute approximate surface area is 117 Å². The van der Waals surface area contributed by atoms with Crippen LogP contribution in [0.1, 0.15) is 41.7 Å². The molecule has 0 aliphatic carbocycles. The molecular weight excluding hydrogens is 258 g/mol. The third-order valence-corrected chi connectivity index (χ3v) is 3.41. The molecule has 0 saturated heterocycles. The van der Waals surface area contributed by atoms with E-state index in [2.05, 4.69) is 6.92 Å². The number of hydrogen-bond donors (Lipinski definition) is 1. The van der Waals surface area contributed by atoms with Crippen LogP contribution in [-0.2, 0) is 12.8 Å². The van der Waals surface area contributed by atoms with Gasteiger partial charge in [0.1, 0.15) is 0 Å². The normalized spacial score (nSPS) is 12.7.